The van der Waals surface area contributed by atoms with Crippen LogP contribution in [0.15, 0.2) is 23.7 Å². The van der Waals surface area contributed by atoms with Crippen LogP contribution in [0.25, 0.3) is 0 Å². The molecule has 1 aliphatic heterocycles. The Bertz CT molecular complexity index is 555. The van der Waals surface area contributed by atoms with E-state index in [9.17, 15) is 4.39 Å². The Morgan fingerprint density at radius 2 is 2.38 bits per heavy atom. The van der Waals surface area contributed by atoms with E-state index in [1.165, 1.54) is 9.75 Å². The van der Waals surface area contributed by atoms with Gasteiger partial charge >= 0.3 is 0 Å². The second-order valence-corrected chi connectivity index (χ2v) is 7.82. The minimum Gasteiger partial charge on any atom is -0.310 e. The average molecular weight is 325 g/mol. The van der Waals surface area contributed by atoms with Gasteiger partial charge in [0.15, 0.2) is 0 Å². The van der Waals surface area contributed by atoms with Crippen LogP contribution in [0.1, 0.15) is 21.2 Å². The molecule has 0 spiro atoms. The number of halogens is 1. The Kier molecular flexibility index (Phi) is 5.00. The van der Waals surface area contributed by atoms with Gasteiger partial charge in [-0.1, -0.05) is 6.07 Å². The summed E-state index contributed by atoms with van der Waals surface area (Å²) in [5.41, 5.74) is 0. The van der Waals surface area contributed by atoms with Gasteiger partial charge in [-0.15, -0.1) is 22.7 Å². The predicted octanol–water partition coefficient (Wildman–Crippen LogP) is 3.22. The summed E-state index contributed by atoms with van der Waals surface area (Å²) in [6.07, 6.45) is 1.87. The van der Waals surface area contributed by atoms with Crippen LogP contribution in [0.4, 0.5) is 4.39 Å². The molecule has 0 bridgehead atoms. The van der Waals surface area contributed by atoms with Gasteiger partial charge in [-0.05, 0) is 24.8 Å². The van der Waals surface area contributed by atoms with Crippen LogP contribution in [-0.2, 0) is 13.1 Å². The number of alkyl halides is 1. The summed E-state index contributed by atoms with van der Waals surface area (Å²) in [6.45, 7) is 5.10. The summed E-state index contributed by atoms with van der Waals surface area (Å²) < 4.78 is 13.7. The number of hydrogen-bond donors (Lipinski definition) is 1. The van der Waals surface area contributed by atoms with E-state index in [1.54, 1.807) is 22.7 Å². The maximum atomic E-state index is 13.7. The van der Waals surface area contributed by atoms with Crippen molar-refractivity contribution in [1.29, 1.82) is 0 Å². The second kappa shape index (κ2) is 6.96. The van der Waals surface area contributed by atoms with Gasteiger partial charge in [0.1, 0.15) is 6.17 Å². The van der Waals surface area contributed by atoms with E-state index in [-0.39, 0.29) is 6.04 Å². The Labute approximate surface area is 132 Å². The highest BCUT2D eigenvalue weighted by atomic mass is 32.1. The molecule has 21 heavy (non-hydrogen) atoms. The van der Waals surface area contributed by atoms with Gasteiger partial charge in [0.25, 0.3) is 0 Å². The molecular weight excluding hydrogens is 305 g/mol. The molecule has 3 heterocycles. The minimum absolute atomic E-state index is 0.288. The fraction of sp³-hybridized carbons (Fsp3) is 0.533. The van der Waals surface area contributed by atoms with E-state index >= 15 is 0 Å². The predicted molar refractivity (Wildman–Crippen MR) is 86.6 cm³/mol. The Hall–Kier alpha value is -0.820. The highest BCUT2D eigenvalue weighted by Gasteiger charge is 2.31. The third-order valence-electron chi connectivity index (χ3n) is 3.76. The topological polar surface area (TPSA) is 28.2 Å². The monoisotopic (exact) mass is 325 g/mol. The molecule has 0 radical (unpaired) electrons. The number of likely N-dealkylation sites (tertiary alicyclic amines) is 1. The molecule has 2 atom stereocenters. The van der Waals surface area contributed by atoms with Crippen molar-refractivity contribution in [1.82, 2.24) is 15.2 Å². The molecule has 2 aromatic rings. The number of rotatable bonds is 6. The SMILES string of the molecule is Cc1ncc(CNC[C@@H]2C[C@H](F)CN2Cc2cccs2)s1. The van der Waals surface area contributed by atoms with Crippen molar-refractivity contribution >= 4 is 22.7 Å². The number of nitrogens with zero attached hydrogens (tertiary/aromatic N) is 2. The van der Waals surface area contributed by atoms with Crippen molar-refractivity contribution in [2.75, 3.05) is 13.1 Å². The van der Waals surface area contributed by atoms with Crippen LogP contribution in [0.3, 0.4) is 0 Å². The molecule has 1 N–H and O–H groups in total. The molecule has 1 aliphatic rings. The molecule has 1 saturated heterocycles. The zero-order valence-electron chi connectivity index (χ0n) is 12.1. The molecule has 3 rings (SSSR count). The molecule has 1 fully saturated rings. The lowest BCUT2D eigenvalue weighted by atomic mass is 10.2. The summed E-state index contributed by atoms with van der Waals surface area (Å²) in [5, 5.41) is 6.63. The van der Waals surface area contributed by atoms with Crippen LogP contribution < -0.4 is 5.32 Å². The first kappa shape index (κ1) is 15.1. The van der Waals surface area contributed by atoms with Crippen molar-refractivity contribution in [3.05, 3.63) is 38.5 Å². The number of nitrogens with one attached hydrogen (secondary N) is 1. The maximum absolute atomic E-state index is 13.7. The average Bonchev–Trinajstić information content (AvgIpc) is 3.15. The van der Waals surface area contributed by atoms with E-state index in [4.69, 9.17) is 0 Å². The zero-order valence-corrected chi connectivity index (χ0v) is 13.7. The number of thiazole rings is 1. The van der Waals surface area contributed by atoms with Gasteiger partial charge in [0.2, 0.25) is 0 Å². The largest absolute Gasteiger partial charge is 0.310 e. The normalized spacial score (nSPS) is 23.0. The van der Waals surface area contributed by atoms with E-state index < -0.39 is 6.17 Å². The number of aryl methyl sites for hydroxylation is 1. The van der Waals surface area contributed by atoms with Crippen molar-refractivity contribution in [2.24, 2.45) is 0 Å². The van der Waals surface area contributed by atoms with Gasteiger partial charge in [-0.3, -0.25) is 4.90 Å². The highest BCUT2D eigenvalue weighted by Crippen LogP contribution is 2.24. The molecule has 6 heteroatoms. The minimum atomic E-state index is -0.692. The summed E-state index contributed by atoms with van der Waals surface area (Å²) >= 11 is 3.46. The number of hydrogen-bond acceptors (Lipinski definition) is 5. The molecule has 0 saturated carbocycles. The molecule has 0 amide bonds. The van der Waals surface area contributed by atoms with E-state index in [0.717, 1.165) is 24.6 Å². The Morgan fingerprint density at radius 1 is 1.48 bits per heavy atom. The first-order valence-electron chi connectivity index (χ1n) is 7.23. The lowest BCUT2D eigenvalue weighted by Crippen LogP contribution is -2.37. The van der Waals surface area contributed by atoms with Crippen LogP contribution in [0, 0.1) is 6.92 Å². The van der Waals surface area contributed by atoms with E-state index in [2.05, 4.69) is 32.7 Å². The molecule has 0 aliphatic carbocycles. The van der Waals surface area contributed by atoms with Crippen molar-refractivity contribution < 1.29 is 4.39 Å². The summed E-state index contributed by atoms with van der Waals surface area (Å²) in [4.78, 5) is 9.07. The van der Waals surface area contributed by atoms with E-state index in [0.29, 0.717) is 13.0 Å². The fourth-order valence-corrected chi connectivity index (χ4v) is 4.27. The quantitative estimate of drug-likeness (QED) is 0.884. The standard InChI is InChI=1S/C15H20FN3S2/c1-11-18-8-15(21-11)7-17-6-13-5-12(16)9-19(13)10-14-3-2-4-20-14/h2-4,8,12-13,17H,5-7,9-10H2,1H3/t12-,13-/m0/s1. The summed E-state index contributed by atoms with van der Waals surface area (Å²) in [7, 11) is 0. The van der Waals surface area contributed by atoms with Crippen LogP contribution in [-0.4, -0.2) is 35.2 Å². The van der Waals surface area contributed by atoms with Gasteiger partial charge < -0.3 is 5.32 Å². The highest BCUT2D eigenvalue weighted by molar-refractivity contribution is 7.11. The molecular formula is C15H20FN3S2. The van der Waals surface area contributed by atoms with Gasteiger partial charge in [-0.25, -0.2) is 9.37 Å². The fourth-order valence-electron chi connectivity index (χ4n) is 2.78. The van der Waals surface area contributed by atoms with E-state index in [1.807, 2.05) is 13.1 Å². The molecule has 0 aromatic carbocycles. The first-order chi connectivity index (χ1) is 10.2. The van der Waals surface area contributed by atoms with Crippen molar-refractivity contribution in [3.63, 3.8) is 0 Å². The van der Waals surface area contributed by atoms with Gasteiger partial charge in [0, 0.05) is 48.2 Å². The number of aromatic nitrogens is 1. The molecule has 3 nitrogen and oxygen atoms in total. The van der Waals surface area contributed by atoms with Crippen molar-refractivity contribution in [2.45, 2.75) is 38.6 Å². The molecule has 114 valence electrons. The summed E-state index contributed by atoms with van der Waals surface area (Å²) in [6, 6.07) is 4.47. The number of thiophene rings is 1. The summed E-state index contributed by atoms with van der Waals surface area (Å²) in [5.74, 6) is 0. The van der Waals surface area contributed by atoms with Gasteiger partial charge in [-0.2, -0.15) is 0 Å². The van der Waals surface area contributed by atoms with Crippen molar-refractivity contribution in [3.8, 4) is 0 Å². The third kappa shape index (κ3) is 4.10. The smallest absolute Gasteiger partial charge is 0.114 e. The Balaban J connectivity index is 1.50. The second-order valence-electron chi connectivity index (χ2n) is 5.47. The van der Waals surface area contributed by atoms with Crippen LogP contribution in [0.2, 0.25) is 0 Å². The zero-order chi connectivity index (χ0) is 14.7. The lowest BCUT2D eigenvalue weighted by molar-refractivity contribution is 0.232. The maximum Gasteiger partial charge on any atom is 0.114 e. The third-order valence-corrected chi connectivity index (χ3v) is 5.54. The lowest BCUT2D eigenvalue weighted by Gasteiger charge is -2.23. The van der Waals surface area contributed by atoms with Gasteiger partial charge in [0.05, 0.1) is 5.01 Å². The molecule has 2 aromatic heterocycles. The first-order valence-corrected chi connectivity index (χ1v) is 8.93. The van der Waals surface area contributed by atoms with Crippen LogP contribution >= 0.6 is 22.7 Å². The van der Waals surface area contributed by atoms with Crippen LogP contribution in [0.5, 0.6) is 0 Å². The Morgan fingerprint density at radius 3 is 3.10 bits per heavy atom. The molecule has 0 unspecified atom stereocenters.